The summed E-state index contributed by atoms with van der Waals surface area (Å²) in [4.78, 5) is 38.6. The zero-order valence-electron chi connectivity index (χ0n) is 23.0. The minimum Gasteiger partial charge on any atom is -0.306 e. The highest BCUT2D eigenvalue weighted by Gasteiger charge is 2.47. The Hall–Kier alpha value is -3.82. The van der Waals surface area contributed by atoms with E-state index in [0.717, 1.165) is 71.4 Å². The molecule has 0 saturated heterocycles. The fourth-order valence-electron chi connectivity index (χ4n) is 6.11. The van der Waals surface area contributed by atoms with E-state index < -0.39 is 0 Å². The molecular weight excluding hydrogens is 551 g/mol. The maximum atomic E-state index is 13.0. The third-order valence-corrected chi connectivity index (χ3v) is 10.0. The van der Waals surface area contributed by atoms with Crippen LogP contribution >= 0.6 is 23.1 Å². The van der Waals surface area contributed by atoms with E-state index in [2.05, 4.69) is 86.0 Å². The predicted molar refractivity (Wildman–Crippen MR) is 165 cm³/mol. The van der Waals surface area contributed by atoms with Crippen molar-refractivity contribution in [1.29, 1.82) is 0 Å². The van der Waals surface area contributed by atoms with Gasteiger partial charge in [0.15, 0.2) is 23.1 Å². The van der Waals surface area contributed by atoms with Gasteiger partial charge in [0.1, 0.15) is 16.0 Å². The predicted octanol–water partition coefficient (Wildman–Crippen LogP) is 7.92. The first-order chi connectivity index (χ1) is 20.0. The number of hydrogen-bond donors (Lipinski definition) is 0. The van der Waals surface area contributed by atoms with Crippen molar-refractivity contribution >= 4 is 67.9 Å². The van der Waals surface area contributed by atoms with Crippen LogP contribution in [0.3, 0.4) is 0 Å². The lowest BCUT2D eigenvalue weighted by molar-refractivity contribution is -0.120. The number of thiophene rings is 1. The van der Waals surface area contributed by atoms with E-state index in [1.807, 2.05) is 0 Å². The van der Waals surface area contributed by atoms with Crippen molar-refractivity contribution in [1.82, 2.24) is 13.7 Å². The molecule has 3 aliphatic carbocycles. The number of allylic oxidation sites excluding steroid dienone is 4. The van der Waals surface area contributed by atoms with Crippen LogP contribution in [0.25, 0.3) is 21.5 Å². The molecule has 0 radical (unpaired) electrons. The monoisotopic (exact) mass is 579 g/mol. The van der Waals surface area contributed by atoms with Crippen LogP contribution in [-0.4, -0.2) is 31.0 Å². The Morgan fingerprint density at radius 2 is 1.61 bits per heavy atom. The first-order valence-electron chi connectivity index (χ1n) is 14.1. The molecule has 3 aliphatic rings. The summed E-state index contributed by atoms with van der Waals surface area (Å²) in [5, 5.41) is 1.11. The number of carbonyl (C=O) groups is 2. The second-order valence-electron chi connectivity index (χ2n) is 11.1. The fourth-order valence-corrected chi connectivity index (χ4v) is 7.73. The number of aromatic nitrogens is 3. The van der Waals surface area contributed by atoms with Gasteiger partial charge < -0.3 is 4.90 Å². The van der Waals surface area contributed by atoms with Crippen molar-refractivity contribution in [3.05, 3.63) is 71.6 Å². The van der Waals surface area contributed by atoms with E-state index >= 15 is 0 Å². The van der Waals surface area contributed by atoms with Gasteiger partial charge in [0.2, 0.25) is 0 Å². The highest BCUT2D eigenvalue weighted by molar-refractivity contribution is 7.19. The number of ketones is 2. The van der Waals surface area contributed by atoms with E-state index in [1.165, 1.54) is 16.8 Å². The SMILES string of the molecule is CC1=CC=C(N(c2ccc(C)cc2)c2ccc(-c3cnc(N=C4C(=O)C5CCCCC5C4=O)c4nsnc34)s2)CC1. The summed E-state index contributed by atoms with van der Waals surface area (Å²) in [6.45, 7) is 4.27. The number of pyridine rings is 1. The Morgan fingerprint density at radius 3 is 2.32 bits per heavy atom. The van der Waals surface area contributed by atoms with Crippen LogP contribution in [0.5, 0.6) is 0 Å². The molecule has 1 aromatic carbocycles. The molecule has 7 rings (SSSR count). The van der Waals surface area contributed by atoms with Crippen LogP contribution < -0.4 is 4.90 Å². The van der Waals surface area contributed by atoms with Gasteiger partial charge in [-0.15, -0.1) is 11.3 Å². The summed E-state index contributed by atoms with van der Waals surface area (Å²) in [5.74, 6) is -0.428. The number of anilines is 2. The van der Waals surface area contributed by atoms with Crippen molar-refractivity contribution in [2.24, 2.45) is 16.8 Å². The molecule has 9 heteroatoms. The average Bonchev–Trinajstić information content (AvgIpc) is 3.73. The topological polar surface area (TPSA) is 88.4 Å². The van der Waals surface area contributed by atoms with Gasteiger partial charge in [-0.1, -0.05) is 42.2 Å². The molecule has 7 nitrogen and oxygen atoms in total. The van der Waals surface area contributed by atoms with Crippen LogP contribution in [0.4, 0.5) is 16.5 Å². The van der Waals surface area contributed by atoms with Gasteiger partial charge in [0.25, 0.3) is 0 Å². The van der Waals surface area contributed by atoms with Crippen LogP contribution in [0.15, 0.2) is 71.0 Å². The lowest BCUT2D eigenvalue weighted by Gasteiger charge is -2.28. The fraction of sp³-hybridized carbons (Fsp3) is 0.312. The number of fused-ring (bicyclic) bond motifs is 2. The van der Waals surface area contributed by atoms with Gasteiger partial charge in [-0.25, -0.2) is 9.98 Å². The summed E-state index contributed by atoms with van der Waals surface area (Å²) >= 11 is 2.77. The van der Waals surface area contributed by atoms with E-state index in [1.54, 1.807) is 17.5 Å². The second-order valence-corrected chi connectivity index (χ2v) is 12.7. The highest BCUT2D eigenvalue weighted by atomic mass is 32.1. The first-order valence-corrected chi connectivity index (χ1v) is 15.6. The number of rotatable bonds is 5. The van der Waals surface area contributed by atoms with Crippen LogP contribution in [0.1, 0.15) is 51.0 Å². The Bertz CT molecular complexity index is 1750. The Morgan fingerprint density at radius 1 is 0.878 bits per heavy atom. The van der Waals surface area contributed by atoms with Crippen molar-refractivity contribution in [2.45, 2.75) is 52.4 Å². The van der Waals surface area contributed by atoms with Gasteiger partial charge in [-0.3, -0.25) is 9.59 Å². The maximum absolute atomic E-state index is 13.0. The van der Waals surface area contributed by atoms with E-state index in [9.17, 15) is 9.59 Å². The number of nitrogens with zero attached hydrogens (tertiary/aromatic N) is 5. The molecule has 2 atom stereocenters. The standard InChI is InChI=1S/C32H29N5O2S2/c1-18-7-11-20(12-8-18)37(21-13-9-19(2)10-14-21)26-16-15-25(40-26)24-17-33-32(28-27(24)35-41-36-28)34-29-30(38)22-5-3-4-6-23(22)31(29)39/h7-9,11-13,15-17,22-23H,3-6,10,14H2,1-2H3. The number of carbonyl (C=O) groups excluding carboxylic acids is 2. The molecule has 2 unspecified atom stereocenters. The summed E-state index contributed by atoms with van der Waals surface area (Å²) in [6, 6.07) is 12.9. The van der Waals surface area contributed by atoms with Gasteiger partial charge in [-0.05, 0) is 69.9 Å². The molecule has 0 N–H and O–H groups in total. The number of benzene rings is 1. The zero-order valence-corrected chi connectivity index (χ0v) is 24.6. The normalized spacial score (nSPS) is 20.7. The van der Waals surface area contributed by atoms with Gasteiger partial charge in [-0.2, -0.15) is 8.75 Å². The molecule has 206 valence electrons. The summed E-state index contributed by atoms with van der Waals surface area (Å²) in [6.07, 6.45) is 11.7. The van der Waals surface area contributed by atoms with Crippen LogP contribution in [0.2, 0.25) is 0 Å². The first kappa shape index (κ1) is 26.1. The minimum atomic E-state index is -0.224. The minimum absolute atomic E-state index is 0.0358. The number of aryl methyl sites for hydroxylation is 1. The summed E-state index contributed by atoms with van der Waals surface area (Å²) < 4.78 is 9.07. The number of Topliss-reactive ketones (excluding diaryl/α,β-unsaturated/α-hetero) is 2. The smallest absolute Gasteiger partial charge is 0.188 e. The second kappa shape index (κ2) is 10.5. The van der Waals surface area contributed by atoms with Crippen molar-refractivity contribution in [3.63, 3.8) is 0 Å². The summed E-state index contributed by atoms with van der Waals surface area (Å²) in [7, 11) is 0. The molecular formula is C32H29N5O2S2. The quantitative estimate of drug-likeness (QED) is 0.239. The highest BCUT2D eigenvalue weighted by Crippen LogP contribution is 2.43. The Kier molecular flexibility index (Phi) is 6.71. The van der Waals surface area contributed by atoms with Crippen LogP contribution in [0, 0.1) is 18.8 Å². The molecule has 41 heavy (non-hydrogen) atoms. The molecule has 0 aliphatic heterocycles. The lowest BCUT2D eigenvalue weighted by atomic mass is 9.81. The van der Waals surface area contributed by atoms with E-state index in [-0.39, 0.29) is 29.1 Å². The average molecular weight is 580 g/mol. The van der Waals surface area contributed by atoms with Crippen molar-refractivity contribution in [3.8, 4) is 10.4 Å². The molecule has 3 heterocycles. The van der Waals surface area contributed by atoms with Gasteiger partial charge in [0.05, 0.1) is 11.7 Å². The van der Waals surface area contributed by atoms with Crippen LogP contribution in [-0.2, 0) is 9.59 Å². The third kappa shape index (κ3) is 4.67. The van der Waals surface area contributed by atoms with E-state index in [0.29, 0.717) is 16.9 Å². The lowest BCUT2D eigenvalue weighted by Crippen LogP contribution is -2.21. The molecule has 4 aromatic rings. The molecule has 2 saturated carbocycles. The Labute approximate surface area is 246 Å². The molecule has 0 bridgehead atoms. The molecule has 0 spiro atoms. The molecule has 3 aromatic heterocycles. The maximum Gasteiger partial charge on any atom is 0.188 e. The van der Waals surface area contributed by atoms with Gasteiger partial charge >= 0.3 is 0 Å². The van der Waals surface area contributed by atoms with Gasteiger partial charge in [0, 0.05) is 39.9 Å². The largest absolute Gasteiger partial charge is 0.306 e. The Balaban J connectivity index is 1.26. The summed E-state index contributed by atoms with van der Waals surface area (Å²) in [5.41, 5.74) is 7.10. The van der Waals surface area contributed by atoms with E-state index in [4.69, 9.17) is 0 Å². The number of hydrogen-bond acceptors (Lipinski definition) is 9. The van der Waals surface area contributed by atoms with Crippen molar-refractivity contribution in [2.75, 3.05) is 4.90 Å². The molecule has 2 fully saturated rings. The zero-order chi connectivity index (χ0) is 28.1. The third-order valence-electron chi connectivity index (χ3n) is 8.39. The number of aliphatic imine (C=N–C) groups is 1. The molecule has 0 amide bonds. The van der Waals surface area contributed by atoms with Crippen molar-refractivity contribution < 1.29 is 9.59 Å².